The zero-order chi connectivity index (χ0) is 25.8. The molecule has 0 aromatic heterocycles. The van der Waals surface area contributed by atoms with Crippen LogP contribution < -0.4 is 9.47 Å². The fourth-order valence-corrected chi connectivity index (χ4v) is 4.75. The van der Waals surface area contributed by atoms with Gasteiger partial charge >= 0.3 is 0 Å². The van der Waals surface area contributed by atoms with Gasteiger partial charge in [0, 0.05) is 32.2 Å². The molecule has 1 fully saturated rings. The van der Waals surface area contributed by atoms with Crippen LogP contribution in [0.1, 0.15) is 56.3 Å². The first-order valence-corrected chi connectivity index (χ1v) is 12.6. The number of fused-ring (bicyclic) bond motifs is 1. The second kappa shape index (κ2) is 11.2. The fraction of sp³-hybridized carbons (Fsp3) is 0.448. The third-order valence-corrected chi connectivity index (χ3v) is 6.59. The lowest BCUT2D eigenvalue weighted by molar-refractivity contribution is -0.140. The standard InChI is InChI=1S/C29H35NO6/c1-18(2)11-14-35-23-8-5-7-20(17-23)26-25(28(32)29(33)30(26)12-6-13-34-4)27(31)21-9-10-24-22(16-21)15-19(3)36-24/h5,7-10,16-19,26,31H,6,11-15H2,1-4H3/t19-,26+/m1/s1. The normalized spacial score (nSPS) is 20.6. The molecule has 4 rings (SSSR count). The SMILES string of the molecule is COCCCN1C(=O)C(=O)C(=C(O)c2ccc3c(c2)C[C@@H](C)O3)[C@@H]1c1cccc(OCCC(C)C)c1. The molecular weight excluding hydrogens is 458 g/mol. The van der Waals surface area contributed by atoms with Crippen molar-refractivity contribution in [3.63, 3.8) is 0 Å². The van der Waals surface area contributed by atoms with Crippen LogP contribution in [0.5, 0.6) is 11.5 Å². The van der Waals surface area contributed by atoms with Crippen molar-refractivity contribution in [3.8, 4) is 11.5 Å². The number of aliphatic hydroxyl groups is 1. The number of nitrogens with zero attached hydrogens (tertiary/aromatic N) is 1. The van der Waals surface area contributed by atoms with Crippen LogP contribution in [0.2, 0.25) is 0 Å². The van der Waals surface area contributed by atoms with Gasteiger partial charge in [0.15, 0.2) is 0 Å². The summed E-state index contributed by atoms with van der Waals surface area (Å²) in [6, 6.07) is 12.1. The number of amides is 1. The van der Waals surface area contributed by atoms with Crippen LogP contribution >= 0.6 is 0 Å². The van der Waals surface area contributed by atoms with Gasteiger partial charge in [-0.3, -0.25) is 9.59 Å². The molecule has 192 valence electrons. The van der Waals surface area contributed by atoms with Crippen molar-refractivity contribution in [2.24, 2.45) is 5.92 Å². The van der Waals surface area contributed by atoms with Gasteiger partial charge in [-0.25, -0.2) is 0 Å². The Bertz CT molecular complexity index is 1150. The predicted octanol–water partition coefficient (Wildman–Crippen LogP) is 4.89. The van der Waals surface area contributed by atoms with Gasteiger partial charge in [0.1, 0.15) is 23.4 Å². The zero-order valence-corrected chi connectivity index (χ0v) is 21.5. The van der Waals surface area contributed by atoms with Gasteiger partial charge in [-0.05, 0) is 67.1 Å². The average molecular weight is 494 g/mol. The summed E-state index contributed by atoms with van der Waals surface area (Å²) in [5.74, 6) is 0.469. The van der Waals surface area contributed by atoms with E-state index >= 15 is 0 Å². The Labute approximate surface area is 212 Å². The molecule has 2 aromatic rings. The van der Waals surface area contributed by atoms with E-state index in [-0.39, 0.29) is 17.4 Å². The number of methoxy groups -OCH3 is 1. The van der Waals surface area contributed by atoms with E-state index in [4.69, 9.17) is 14.2 Å². The molecule has 7 nitrogen and oxygen atoms in total. The summed E-state index contributed by atoms with van der Waals surface area (Å²) in [5, 5.41) is 11.4. The van der Waals surface area contributed by atoms with E-state index in [9.17, 15) is 14.7 Å². The lowest BCUT2D eigenvalue weighted by atomic mass is 9.94. The van der Waals surface area contributed by atoms with Gasteiger partial charge < -0.3 is 24.2 Å². The van der Waals surface area contributed by atoms with Gasteiger partial charge in [0.2, 0.25) is 0 Å². The summed E-state index contributed by atoms with van der Waals surface area (Å²) < 4.78 is 16.9. The summed E-state index contributed by atoms with van der Waals surface area (Å²) in [7, 11) is 1.60. The number of Topliss-reactive ketones (excluding diaryl/α,β-unsaturated/α-hetero) is 1. The van der Waals surface area contributed by atoms with E-state index in [1.165, 1.54) is 4.90 Å². The summed E-state index contributed by atoms with van der Waals surface area (Å²) >= 11 is 0. The molecule has 0 spiro atoms. The largest absolute Gasteiger partial charge is 0.507 e. The van der Waals surface area contributed by atoms with Gasteiger partial charge in [-0.1, -0.05) is 26.0 Å². The van der Waals surface area contributed by atoms with Crippen molar-refractivity contribution in [3.05, 3.63) is 64.7 Å². The first kappa shape index (κ1) is 25.8. The number of rotatable bonds is 10. The van der Waals surface area contributed by atoms with Crippen LogP contribution in [0, 0.1) is 5.92 Å². The molecule has 2 aromatic carbocycles. The van der Waals surface area contributed by atoms with Crippen molar-refractivity contribution >= 4 is 17.4 Å². The number of hydrogen-bond acceptors (Lipinski definition) is 6. The summed E-state index contributed by atoms with van der Waals surface area (Å²) in [4.78, 5) is 27.9. The van der Waals surface area contributed by atoms with Crippen molar-refractivity contribution in [2.75, 3.05) is 26.9 Å². The van der Waals surface area contributed by atoms with E-state index in [1.807, 2.05) is 37.3 Å². The quantitative estimate of drug-likeness (QED) is 0.219. The molecular formula is C29H35NO6. The predicted molar refractivity (Wildman–Crippen MR) is 137 cm³/mol. The van der Waals surface area contributed by atoms with E-state index in [1.54, 1.807) is 19.2 Å². The van der Waals surface area contributed by atoms with Gasteiger partial charge in [-0.2, -0.15) is 0 Å². The van der Waals surface area contributed by atoms with Crippen LogP contribution in [-0.2, 0) is 20.7 Å². The molecule has 0 radical (unpaired) electrons. The maximum Gasteiger partial charge on any atom is 0.295 e. The smallest absolute Gasteiger partial charge is 0.295 e. The maximum absolute atomic E-state index is 13.3. The average Bonchev–Trinajstić information content (AvgIpc) is 3.34. The lowest BCUT2D eigenvalue weighted by Gasteiger charge is -2.25. The molecule has 36 heavy (non-hydrogen) atoms. The van der Waals surface area contributed by atoms with Crippen LogP contribution in [0.25, 0.3) is 5.76 Å². The Morgan fingerprint density at radius 2 is 1.97 bits per heavy atom. The first-order chi connectivity index (χ1) is 17.3. The molecule has 2 heterocycles. The summed E-state index contributed by atoms with van der Waals surface area (Å²) in [6.45, 7) is 7.62. The Hall–Kier alpha value is -3.32. The first-order valence-electron chi connectivity index (χ1n) is 12.6. The fourth-order valence-electron chi connectivity index (χ4n) is 4.75. The highest BCUT2D eigenvalue weighted by Gasteiger charge is 2.46. The van der Waals surface area contributed by atoms with Gasteiger partial charge in [0.25, 0.3) is 11.7 Å². The summed E-state index contributed by atoms with van der Waals surface area (Å²) in [6.07, 6.45) is 2.27. The van der Waals surface area contributed by atoms with Gasteiger partial charge in [-0.15, -0.1) is 0 Å². The van der Waals surface area contributed by atoms with Crippen LogP contribution in [0.15, 0.2) is 48.0 Å². The topological polar surface area (TPSA) is 85.3 Å². The Morgan fingerprint density at radius 1 is 1.17 bits per heavy atom. The number of aliphatic hydroxyl groups excluding tert-OH is 1. The third-order valence-electron chi connectivity index (χ3n) is 6.59. The molecule has 1 N–H and O–H groups in total. The second-order valence-corrected chi connectivity index (χ2v) is 9.90. The Morgan fingerprint density at radius 3 is 2.72 bits per heavy atom. The highest BCUT2D eigenvalue weighted by molar-refractivity contribution is 6.46. The highest BCUT2D eigenvalue weighted by Crippen LogP contribution is 2.41. The minimum atomic E-state index is -0.723. The maximum atomic E-state index is 13.3. The molecule has 2 aliphatic heterocycles. The molecule has 0 unspecified atom stereocenters. The van der Waals surface area contributed by atoms with E-state index in [0.717, 1.165) is 24.2 Å². The molecule has 0 aliphatic carbocycles. The second-order valence-electron chi connectivity index (χ2n) is 9.90. The number of ether oxygens (including phenoxy) is 3. The van der Waals surface area contributed by atoms with Gasteiger partial charge in [0.05, 0.1) is 18.2 Å². The zero-order valence-electron chi connectivity index (χ0n) is 21.5. The molecule has 0 saturated carbocycles. The minimum Gasteiger partial charge on any atom is -0.507 e. The van der Waals surface area contributed by atoms with E-state index in [0.29, 0.717) is 49.0 Å². The van der Waals surface area contributed by atoms with Crippen LogP contribution in [0.4, 0.5) is 0 Å². The van der Waals surface area contributed by atoms with Crippen molar-refractivity contribution < 1.29 is 28.9 Å². The minimum absolute atomic E-state index is 0.0576. The molecule has 1 saturated heterocycles. The monoisotopic (exact) mass is 493 g/mol. The molecule has 1 amide bonds. The van der Waals surface area contributed by atoms with Crippen molar-refractivity contribution in [1.82, 2.24) is 4.90 Å². The van der Waals surface area contributed by atoms with E-state index < -0.39 is 17.7 Å². The lowest BCUT2D eigenvalue weighted by Crippen LogP contribution is -2.31. The number of likely N-dealkylation sites (tertiary alicyclic amines) is 1. The number of carbonyl (C=O) groups excluding carboxylic acids is 2. The number of benzene rings is 2. The highest BCUT2D eigenvalue weighted by atomic mass is 16.5. The van der Waals surface area contributed by atoms with Crippen molar-refractivity contribution in [2.45, 2.75) is 52.2 Å². The third kappa shape index (κ3) is 5.41. The number of ketones is 1. The molecule has 2 atom stereocenters. The molecule has 0 bridgehead atoms. The molecule has 2 aliphatic rings. The van der Waals surface area contributed by atoms with Crippen LogP contribution in [0.3, 0.4) is 0 Å². The van der Waals surface area contributed by atoms with E-state index in [2.05, 4.69) is 13.8 Å². The van der Waals surface area contributed by atoms with Crippen molar-refractivity contribution in [1.29, 1.82) is 0 Å². The Balaban J connectivity index is 1.74. The van der Waals surface area contributed by atoms with Crippen LogP contribution in [-0.4, -0.2) is 54.7 Å². The Kier molecular flexibility index (Phi) is 7.99. The molecule has 7 heteroatoms. The number of carbonyl (C=O) groups is 2. The summed E-state index contributed by atoms with van der Waals surface area (Å²) in [5.41, 5.74) is 2.27. The number of hydrogen-bond donors (Lipinski definition) is 1.